The van der Waals surface area contributed by atoms with Gasteiger partial charge in [0.15, 0.2) is 5.82 Å². The van der Waals surface area contributed by atoms with E-state index in [9.17, 15) is 35.5 Å². The summed E-state index contributed by atoms with van der Waals surface area (Å²) in [6.45, 7) is -2.94. The molecule has 1 amide bonds. The number of benzene rings is 3. The second kappa shape index (κ2) is 9.08. The molecule has 6 rings (SSSR count). The van der Waals surface area contributed by atoms with E-state index in [1.807, 2.05) is 0 Å². The SMILES string of the molecule is O=C1NC(c2cc(F)ccc2Cl)c2c1cc(-c1cnn(C(F)F)c1)cc2-c1nc2c(F)cc(C(F)(F)F)cc2[nH]1. The quantitative estimate of drug-likeness (QED) is 0.220. The summed E-state index contributed by atoms with van der Waals surface area (Å²) in [5, 5.41) is 6.40. The predicted molar refractivity (Wildman–Crippen MR) is 130 cm³/mol. The Labute approximate surface area is 224 Å². The van der Waals surface area contributed by atoms with E-state index in [0.717, 1.165) is 24.5 Å². The van der Waals surface area contributed by atoms with E-state index in [1.165, 1.54) is 18.2 Å². The molecule has 204 valence electrons. The van der Waals surface area contributed by atoms with Crippen LogP contribution in [0.25, 0.3) is 33.5 Å². The van der Waals surface area contributed by atoms with Gasteiger partial charge in [0.05, 0.1) is 23.3 Å². The van der Waals surface area contributed by atoms with Gasteiger partial charge in [-0.25, -0.2) is 18.4 Å². The molecule has 0 fully saturated rings. The maximum Gasteiger partial charge on any atom is 0.416 e. The lowest BCUT2D eigenvalue weighted by atomic mass is 9.90. The van der Waals surface area contributed by atoms with Gasteiger partial charge in [-0.15, -0.1) is 0 Å². The molecule has 1 aliphatic rings. The van der Waals surface area contributed by atoms with Gasteiger partial charge in [-0.1, -0.05) is 11.6 Å². The van der Waals surface area contributed by atoms with Gasteiger partial charge in [0, 0.05) is 39.0 Å². The molecule has 0 spiro atoms. The van der Waals surface area contributed by atoms with Crippen LogP contribution in [0.4, 0.5) is 30.7 Å². The lowest BCUT2D eigenvalue weighted by molar-refractivity contribution is -0.137. The van der Waals surface area contributed by atoms with Crippen molar-refractivity contribution >= 4 is 28.5 Å². The third-order valence-electron chi connectivity index (χ3n) is 6.52. The number of hydrogen-bond acceptors (Lipinski definition) is 3. The molecule has 40 heavy (non-hydrogen) atoms. The highest BCUT2D eigenvalue weighted by molar-refractivity contribution is 6.31. The highest BCUT2D eigenvalue weighted by Crippen LogP contribution is 2.43. The van der Waals surface area contributed by atoms with E-state index in [-0.39, 0.29) is 49.7 Å². The van der Waals surface area contributed by atoms with E-state index in [4.69, 9.17) is 11.6 Å². The van der Waals surface area contributed by atoms with Crippen molar-refractivity contribution in [3.63, 3.8) is 0 Å². The molecule has 0 saturated heterocycles. The number of carbonyl (C=O) groups excluding carboxylic acids is 1. The van der Waals surface area contributed by atoms with Crippen LogP contribution < -0.4 is 5.32 Å². The number of carbonyl (C=O) groups is 1. The molecule has 3 aromatic carbocycles. The van der Waals surface area contributed by atoms with Crippen molar-refractivity contribution in [2.75, 3.05) is 0 Å². The minimum atomic E-state index is -4.83. The summed E-state index contributed by atoms with van der Waals surface area (Å²) in [6.07, 6.45) is -2.65. The molecule has 1 unspecified atom stereocenters. The average molecular weight is 580 g/mol. The topological polar surface area (TPSA) is 75.6 Å². The largest absolute Gasteiger partial charge is 0.416 e. The molecule has 1 atom stereocenters. The monoisotopic (exact) mass is 579 g/mol. The molecular formula is C26H13ClF7N5O. The van der Waals surface area contributed by atoms with E-state index in [0.29, 0.717) is 16.8 Å². The van der Waals surface area contributed by atoms with Gasteiger partial charge >= 0.3 is 12.7 Å². The smallest absolute Gasteiger partial charge is 0.341 e. The first kappa shape index (κ1) is 25.9. The molecular weight excluding hydrogens is 567 g/mol. The number of rotatable bonds is 4. The van der Waals surface area contributed by atoms with Gasteiger partial charge in [0.2, 0.25) is 0 Å². The highest BCUT2D eigenvalue weighted by atomic mass is 35.5. The number of aromatic nitrogens is 4. The molecule has 0 radical (unpaired) electrons. The standard InChI is InChI=1S/C26H13ClF7N5O/c27-17-2-1-13(28)7-14(17)21-20-15(23-36-19-6-12(26(32,33)34)5-18(29)22(19)37-23)3-10(4-16(20)24(40)38-21)11-8-35-39(9-11)25(30)31/h1-9,21,25H,(H,36,37)(H,38,40). The highest BCUT2D eigenvalue weighted by Gasteiger charge is 2.36. The third kappa shape index (κ3) is 4.26. The Bertz CT molecular complexity index is 1830. The van der Waals surface area contributed by atoms with Crippen molar-refractivity contribution < 1.29 is 35.5 Å². The molecule has 2 N–H and O–H groups in total. The number of nitrogens with zero attached hydrogens (tertiary/aromatic N) is 3. The zero-order valence-electron chi connectivity index (χ0n) is 19.6. The Morgan fingerprint density at radius 2 is 1.75 bits per heavy atom. The van der Waals surface area contributed by atoms with Crippen LogP contribution in [-0.4, -0.2) is 25.7 Å². The molecule has 0 bridgehead atoms. The summed E-state index contributed by atoms with van der Waals surface area (Å²) in [5.74, 6) is -2.63. The average Bonchev–Trinajstić information content (AvgIpc) is 3.62. The van der Waals surface area contributed by atoms with Crippen molar-refractivity contribution in [2.45, 2.75) is 18.8 Å². The number of halogens is 8. The first-order valence-corrected chi connectivity index (χ1v) is 11.8. The minimum absolute atomic E-state index is 0.0412. The second-order valence-electron chi connectivity index (χ2n) is 8.98. The Morgan fingerprint density at radius 3 is 2.45 bits per heavy atom. The van der Waals surface area contributed by atoms with Crippen molar-refractivity contribution in [3.8, 4) is 22.5 Å². The molecule has 5 aromatic rings. The van der Waals surface area contributed by atoms with Gasteiger partial charge in [-0.05, 0) is 48.0 Å². The van der Waals surface area contributed by atoms with Gasteiger partial charge in [-0.3, -0.25) is 4.79 Å². The molecule has 2 aromatic heterocycles. The fourth-order valence-electron chi connectivity index (χ4n) is 4.73. The van der Waals surface area contributed by atoms with E-state index < -0.39 is 47.4 Å². The minimum Gasteiger partial charge on any atom is -0.341 e. The summed E-state index contributed by atoms with van der Waals surface area (Å²) < 4.78 is 95.5. The predicted octanol–water partition coefficient (Wildman–Crippen LogP) is 7.27. The van der Waals surface area contributed by atoms with Crippen LogP contribution in [-0.2, 0) is 6.18 Å². The summed E-state index contributed by atoms with van der Waals surface area (Å²) in [5.41, 5.74) is -0.940. The molecule has 3 heterocycles. The Kier molecular flexibility index (Phi) is 5.87. The van der Waals surface area contributed by atoms with Crippen LogP contribution in [0, 0.1) is 11.6 Å². The molecule has 0 saturated carbocycles. The van der Waals surface area contributed by atoms with Crippen molar-refractivity contribution in [1.82, 2.24) is 25.1 Å². The first-order valence-electron chi connectivity index (χ1n) is 11.4. The first-order chi connectivity index (χ1) is 18.9. The number of amides is 1. The summed E-state index contributed by atoms with van der Waals surface area (Å²) in [7, 11) is 0. The zero-order valence-corrected chi connectivity index (χ0v) is 20.4. The van der Waals surface area contributed by atoms with Crippen molar-refractivity contribution in [2.24, 2.45) is 0 Å². The zero-order chi connectivity index (χ0) is 28.5. The van der Waals surface area contributed by atoms with Crippen molar-refractivity contribution in [1.29, 1.82) is 0 Å². The molecule has 0 aliphatic carbocycles. The molecule has 1 aliphatic heterocycles. The van der Waals surface area contributed by atoms with Crippen LogP contribution in [0.1, 0.15) is 39.6 Å². The van der Waals surface area contributed by atoms with Crippen LogP contribution in [0.15, 0.2) is 54.9 Å². The summed E-state index contributed by atoms with van der Waals surface area (Å²) >= 11 is 6.31. The maximum atomic E-state index is 14.7. The van der Waals surface area contributed by atoms with E-state index >= 15 is 0 Å². The van der Waals surface area contributed by atoms with Crippen LogP contribution in [0.5, 0.6) is 0 Å². The van der Waals surface area contributed by atoms with E-state index in [2.05, 4.69) is 20.4 Å². The van der Waals surface area contributed by atoms with Crippen LogP contribution >= 0.6 is 11.6 Å². The number of fused-ring (bicyclic) bond motifs is 2. The third-order valence-corrected chi connectivity index (χ3v) is 6.86. The van der Waals surface area contributed by atoms with Crippen LogP contribution in [0.2, 0.25) is 5.02 Å². The lowest BCUT2D eigenvalue weighted by Crippen LogP contribution is -2.20. The number of imidazole rings is 1. The van der Waals surface area contributed by atoms with Gasteiger partial charge in [-0.2, -0.15) is 27.1 Å². The number of aromatic amines is 1. The van der Waals surface area contributed by atoms with Crippen molar-refractivity contribution in [3.05, 3.63) is 93.8 Å². The van der Waals surface area contributed by atoms with Crippen LogP contribution in [0.3, 0.4) is 0 Å². The number of H-pyrrole nitrogens is 1. The maximum absolute atomic E-state index is 14.7. The Balaban J connectivity index is 1.61. The summed E-state index contributed by atoms with van der Waals surface area (Å²) in [6, 6.07) is 6.34. The Morgan fingerprint density at radius 1 is 1.00 bits per heavy atom. The summed E-state index contributed by atoms with van der Waals surface area (Å²) in [4.78, 5) is 19.9. The molecule has 14 heteroatoms. The van der Waals surface area contributed by atoms with Gasteiger partial charge in [0.25, 0.3) is 5.91 Å². The fourth-order valence-corrected chi connectivity index (χ4v) is 4.95. The number of hydrogen-bond donors (Lipinski definition) is 2. The number of nitrogens with one attached hydrogen (secondary N) is 2. The Hall–Kier alpha value is -4.39. The van der Waals surface area contributed by atoms with Gasteiger partial charge < -0.3 is 10.3 Å². The van der Waals surface area contributed by atoms with E-state index in [1.54, 1.807) is 0 Å². The van der Waals surface area contributed by atoms with Gasteiger partial charge in [0.1, 0.15) is 17.2 Å². The number of alkyl halides is 5. The normalized spacial score (nSPS) is 15.2. The second-order valence-corrected chi connectivity index (χ2v) is 9.39. The molecule has 6 nitrogen and oxygen atoms in total. The fraction of sp³-hybridized carbons (Fsp3) is 0.115. The lowest BCUT2D eigenvalue weighted by Gasteiger charge is -2.17.